The molecule has 0 aliphatic heterocycles. The van der Waals surface area contributed by atoms with Crippen molar-refractivity contribution in [3.05, 3.63) is 29.8 Å². The molecule has 16 heavy (non-hydrogen) atoms. The SMILES string of the molecule is CCNCc1ccccc1OC1CCCC1. The standard InChI is InChI=1S/C14H21NO/c1-2-15-11-12-7-3-6-10-14(12)16-13-8-4-5-9-13/h3,6-7,10,13,15H,2,4-5,8-9,11H2,1H3. The molecule has 88 valence electrons. The summed E-state index contributed by atoms with van der Waals surface area (Å²) in [5, 5.41) is 3.35. The van der Waals surface area contributed by atoms with Gasteiger partial charge in [-0.3, -0.25) is 0 Å². The van der Waals surface area contributed by atoms with Crippen LogP contribution >= 0.6 is 0 Å². The van der Waals surface area contributed by atoms with Gasteiger partial charge in [0.05, 0.1) is 6.10 Å². The van der Waals surface area contributed by atoms with Gasteiger partial charge in [-0.2, -0.15) is 0 Å². The molecule has 1 aliphatic rings. The lowest BCUT2D eigenvalue weighted by Gasteiger charge is -2.16. The zero-order valence-corrected chi connectivity index (χ0v) is 10.0. The molecular weight excluding hydrogens is 198 g/mol. The Labute approximate surface area is 98.0 Å². The fourth-order valence-corrected chi connectivity index (χ4v) is 2.21. The van der Waals surface area contributed by atoms with Crippen LogP contribution in [0.4, 0.5) is 0 Å². The maximum Gasteiger partial charge on any atom is 0.124 e. The Balaban J connectivity index is 2.00. The zero-order chi connectivity index (χ0) is 11.2. The van der Waals surface area contributed by atoms with E-state index in [1.165, 1.54) is 31.2 Å². The highest BCUT2D eigenvalue weighted by Gasteiger charge is 2.17. The van der Waals surface area contributed by atoms with E-state index in [0.717, 1.165) is 18.8 Å². The molecule has 0 heterocycles. The predicted octanol–water partition coefficient (Wildman–Crippen LogP) is 3.12. The van der Waals surface area contributed by atoms with Gasteiger partial charge in [0.1, 0.15) is 5.75 Å². The van der Waals surface area contributed by atoms with Gasteiger partial charge in [-0.05, 0) is 38.3 Å². The molecule has 1 N–H and O–H groups in total. The van der Waals surface area contributed by atoms with E-state index in [4.69, 9.17) is 4.74 Å². The molecule has 0 radical (unpaired) electrons. The summed E-state index contributed by atoms with van der Waals surface area (Å²) in [5.41, 5.74) is 1.27. The summed E-state index contributed by atoms with van der Waals surface area (Å²) in [5.74, 6) is 1.07. The van der Waals surface area contributed by atoms with Gasteiger partial charge < -0.3 is 10.1 Å². The van der Waals surface area contributed by atoms with E-state index in [-0.39, 0.29) is 0 Å². The van der Waals surface area contributed by atoms with Crippen LogP contribution in [0.15, 0.2) is 24.3 Å². The quantitative estimate of drug-likeness (QED) is 0.821. The summed E-state index contributed by atoms with van der Waals surface area (Å²) in [6.45, 7) is 4.03. The summed E-state index contributed by atoms with van der Waals surface area (Å²) in [6.07, 6.45) is 5.52. The first kappa shape index (κ1) is 11.5. The minimum absolute atomic E-state index is 0.447. The van der Waals surface area contributed by atoms with Crippen LogP contribution < -0.4 is 10.1 Å². The molecule has 2 nitrogen and oxygen atoms in total. The van der Waals surface area contributed by atoms with E-state index >= 15 is 0 Å². The Morgan fingerprint density at radius 2 is 2.00 bits per heavy atom. The Hall–Kier alpha value is -1.02. The molecule has 1 fully saturated rings. The van der Waals surface area contributed by atoms with E-state index in [2.05, 4.69) is 36.5 Å². The minimum Gasteiger partial charge on any atom is -0.490 e. The summed E-state index contributed by atoms with van der Waals surface area (Å²) in [6, 6.07) is 8.37. The first-order chi connectivity index (χ1) is 7.90. The number of para-hydroxylation sites is 1. The Morgan fingerprint density at radius 3 is 2.75 bits per heavy atom. The van der Waals surface area contributed by atoms with E-state index in [0.29, 0.717) is 6.10 Å². The van der Waals surface area contributed by atoms with Gasteiger partial charge in [0.2, 0.25) is 0 Å². The van der Waals surface area contributed by atoms with Crippen LogP contribution in [0, 0.1) is 0 Å². The van der Waals surface area contributed by atoms with Crippen molar-refractivity contribution < 1.29 is 4.74 Å². The van der Waals surface area contributed by atoms with Gasteiger partial charge in [-0.15, -0.1) is 0 Å². The van der Waals surface area contributed by atoms with Crippen molar-refractivity contribution in [2.24, 2.45) is 0 Å². The van der Waals surface area contributed by atoms with Crippen LogP contribution in [0.1, 0.15) is 38.2 Å². The van der Waals surface area contributed by atoms with Gasteiger partial charge in [0.25, 0.3) is 0 Å². The number of benzene rings is 1. The van der Waals surface area contributed by atoms with Crippen molar-refractivity contribution in [2.75, 3.05) is 6.54 Å². The van der Waals surface area contributed by atoms with Crippen LogP contribution in [0.25, 0.3) is 0 Å². The minimum atomic E-state index is 0.447. The molecule has 0 amide bonds. The molecule has 0 saturated heterocycles. The third-order valence-corrected chi connectivity index (χ3v) is 3.13. The third kappa shape index (κ3) is 2.99. The molecule has 1 saturated carbocycles. The highest BCUT2D eigenvalue weighted by atomic mass is 16.5. The smallest absolute Gasteiger partial charge is 0.124 e. The largest absolute Gasteiger partial charge is 0.490 e. The molecule has 0 aromatic heterocycles. The van der Waals surface area contributed by atoms with Crippen LogP contribution in [0.3, 0.4) is 0 Å². The highest BCUT2D eigenvalue weighted by molar-refractivity contribution is 5.33. The first-order valence-electron chi connectivity index (χ1n) is 6.35. The maximum absolute atomic E-state index is 6.06. The number of rotatable bonds is 5. The second-order valence-electron chi connectivity index (χ2n) is 4.41. The fourth-order valence-electron chi connectivity index (χ4n) is 2.21. The van der Waals surface area contributed by atoms with Crippen molar-refractivity contribution in [2.45, 2.75) is 45.3 Å². The second kappa shape index (κ2) is 5.90. The normalized spacial score (nSPS) is 16.6. The lowest BCUT2D eigenvalue weighted by atomic mass is 10.2. The number of hydrogen-bond donors (Lipinski definition) is 1. The first-order valence-corrected chi connectivity index (χ1v) is 6.35. The summed E-state index contributed by atoms with van der Waals surface area (Å²) in [7, 11) is 0. The molecule has 1 aliphatic carbocycles. The average molecular weight is 219 g/mol. The molecule has 0 unspecified atom stereocenters. The molecule has 2 rings (SSSR count). The van der Waals surface area contributed by atoms with Crippen molar-refractivity contribution in [1.29, 1.82) is 0 Å². The number of ether oxygens (including phenoxy) is 1. The van der Waals surface area contributed by atoms with Gasteiger partial charge in [-0.25, -0.2) is 0 Å². The molecule has 0 atom stereocenters. The van der Waals surface area contributed by atoms with Crippen LogP contribution in [0.2, 0.25) is 0 Å². The van der Waals surface area contributed by atoms with E-state index in [9.17, 15) is 0 Å². The van der Waals surface area contributed by atoms with Crippen LogP contribution in [-0.4, -0.2) is 12.6 Å². The van der Waals surface area contributed by atoms with E-state index in [1.807, 2.05) is 0 Å². The van der Waals surface area contributed by atoms with Crippen molar-refractivity contribution >= 4 is 0 Å². The average Bonchev–Trinajstić information content (AvgIpc) is 2.81. The molecule has 0 bridgehead atoms. The second-order valence-corrected chi connectivity index (χ2v) is 4.41. The zero-order valence-electron chi connectivity index (χ0n) is 10.0. The maximum atomic E-state index is 6.06. The molecule has 1 aromatic carbocycles. The van der Waals surface area contributed by atoms with Crippen LogP contribution in [0.5, 0.6) is 5.75 Å². The lowest BCUT2D eigenvalue weighted by molar-refractivity contribution is 0.207. The summed E-state index contributed by atoms with van der Waals surface area (Å²) >= 11 is 0. The lowest BCUT2D eigenvalue weighted by Crippen LogP contribution is -2.16. The molecular formula is C14H21NO. The van der Waals surface area contributed by atoms with Gasteiger partial charge in [0.15, 0.2) is 0 Å². The van der Waals surface area contributed by atoms with Crippen LogP contribution in [-0.2, 0) is 6.54 Å². The van der Waals surface area contributed by atoms with Gasteiger partial charge >= 0.3 is 0 Å². The van der Waals surface area contributed by atoms with Gasteiger partial charge in [-0.1, -0.05) is 25.1 Å². The van der Waals surface area contributed by atoms with E-state index < -0.39 is 0 Å². The Kier molecular flexibility index (Phi) is 4.23. The van der Waals surface area contributed by atoms with Gasteiger partial charge in [0, 0.05) is 12.1 Å². The van der Waals surface area contributed by atoms with E-state index in [1.54, 1.807) is 0 Å². The molecule has 2 heteroatoms. The van der Waals surface area contributed by atoms with Crippen molar-refractivity contribution in [3.8, 4) is 5.75 Å². The highest BCUT2D eigenvalue weighted by Crippen LogP contribution is 2.26. The fraction of sp³-hybridized carbons (Fsp3) is 0.571. The monoisotopic (exact) mass is 219 g/mol. The topological polar surface area (TPSA) is 21.3 Å². The summed E-state index contributed by atoms with van der Waals surface area (Å²) < 4.78 is 6.06. The molecule has 0 spiro atoms. The molecule has 1 aromatic rings. The van der Waals surface area contributed by atoms with Crippen molar-refractivity contribution in [3.63, 3.8) is 0 Å². The number of nitrogens with one attached hydrogen (secondary N) is 1. The Morgan fingerprint density at radius 1 is 1.25 bits per heavy atom. The number of hydrogen-bond acceptors (Lipinski definition) is 2. The third-order valence-electron chi connectivity index (χ3n) is 3.13. The Bertz CT molecular complexity index is 318. The van der Waals surface area contributed by atoms with Crippen molar-refractivity contribution in [1.82, 2.24) is 5.32 Å². The summed E-state index contributed by atoms with van der Waals surface area (Å²) in [4.78, 5) is 0. The predicted molar refractivity (Wildman–Crippen MR) is 66.7 cm³/mol.